The van der Waals surface area contributed by atoms with Crippen LogP contribution in [-0.4, -0.2) is 26.8 Å². The second kappa shape index (κ2) is 8.88. The van der Waals surface area contributed by atoms with Crippen molar-refractivity contribution in [2.45, 2.75) is 0 Å². The molecule has 0 atom stereocenters. The van der Waals surface area contributed by atoms with Gasteiger partial charge in [0, 0.05) is 35.1 Å². The molecule has 0 unspecified atom stereocenters. The Labute approximate surface area is 194 Å². The summed E-state index contributed by atoms with van der Waals surface area (Å²) in [6.45, 7) is -0.202. The van der Waals surface area contributed by atoms with Crippen molar-refractivity contribution in [1.29, 1.82) is 0 Å². The molecule has 0 fully saturated rings. The van der Waals surface area contributed by atoms with E-state index in [0.29, 0.717) is 44.9 Å². The summed E-state index contributed by atoms with van der Waals surface area (Å²) in [5.74, 6) is 0.798. The summed E-state index contributed by atoms with van der Waals surface area (Å²) in [6, 6.07) is 21.5. The molecule has 0 aliphatic rings. The molecule has 5 rings (SSSR count). The lowest BCUT2D eigenvalue weighted by molar-refractivity contribution is -0.138. The van der Waals surface area contributed by atoms with E-state index >= 15 is 0 Å². The molecule has 7 nitrogen and oxygen atoms in total. The predicted octanol–water partition coefficient (Wildman–Crippen LogP) is 5.43. The molecule has 0 saturated carbocycles. The average Bonchev–Trinajstić information content (AvgIpc) is 3.28. The quantitative estimate of drug-likeness (QED) is 0.191. The molecule has 2 heterocycles. The maximum atomic E-state index is 12.5. The van der Waals surface area contributed by atoms with Crippen LogP contribution in [0.2, 0.25) is 0 Å². The van der Waals surface area contributed by atoms with Crippen LogP contribution < -0.4 is 15.1 Å². The van der Waals surface area contributed by atoms with Crippen molar-refractivity contribution in [3.05, 3.63) is 83.2 Å². The molecule has 0 saturated heterocycles. The van der Waals surface area contributed by atoms with Gasteiger partial charge in [0.2, 0.25) is 0 Å². The van der Waals surface area contributed by atoms with Gasteiger partial charge in [0.05, 0.1) is 7.11 Å². The Morgan fingerprint density at radius 2 is 1.68 bits per heavy atom. The van der Waals surface area contributed by atoms with Crippen molar-refractivity contribution < 1.29 is 27.8 Å². The zero-order valence-electron chi connectivity index (χ0n) is 18.5. The number of ether oxygens (including phenoxy) is 3. The number of esters is 1. The normalized spacial score (nSPS) is 11.1. The minimum Gasteiger partial charge on any atom is -0.493 e. The fraction of sp³-hybridized carbons (Fsp3) is 0.111. The highest BCUT2D eigenvalue weighted by molar-refractivity contribution is 5.99. The van der Waals surface area contributed by atoms with E-state index < -0.39 is 11.6 Å². The predicted molar refractivity (Wildman–Crippen MR) is 127 cm³/mol. The number of methoxy groups -OCH3 is 2. The van der Waals surface area contributed by atoms with Gasteiger partial charge in [0.15, 0.2) is 11.3 Å². The largest absolute Gasteiger partial charge is 0.493 e. The smallest absolute Gasteiger partial charge is 0.337 e. The molecule has 0 amide bonds. The number of carbonyl (C=O) groups is 1. The van der Waals surface area contributed by atoms with Gasteiger partial charge in [0.1, 0.15) is 23.7 Å². The first kappa shape index (κ1) is 21.5. The summed E-state index contributed by atoms with van der Waals surface area (Å²) >= 11 is 0. The molecule has 3 aromatic carbocycles. The van der Waals surface area contributed by atoms with E-state index in [4.69, 9.17) is 23.0 Å². The van der Waals surface area contributed by atoms with E-state index in [2.05, 4.69) is 0 Å². The Balaban J connectivity index is 1.75. The molecule has 0 spiro atoms. The fourth-order valence-electron chi connectivity index (χ4n) is 3.92. The first-order chi connectivity index (χ1) is 16.6. The molecule has 0 N–H and O–H groups in total. The molecule has 0 aliphatic heterocycles. The lowest BCUT2D eigenvalue weighted by Gasteiger charge is -2.13. The molecule has 0 bridgehead atoms. The number of hydrogen-bond acceptors (Lipinski definition) is 7. The Bertz CT molecular complexity index is 1560. The van der Waals surface area contributed by atoms with E-state index in [9.17, 15) is 9.59 Å². The van der Waals surface area contributed by atoms with Gasteiger partial charge in [-0.2, -0.15) is 0 Å². The van der Waals surface area contributed by atoms with Crippen LogP contribution in [0.3, 0.4) is 0 Å². The van der Waals surface area contributed by atoms with E-state index in [1.54, 1.807) is 25.3 Å². The van der Waals surface area contributed by atoms with Crippen LogP contribution in [0.5, 0.6) is 11.5 Å². The monoisotopic (exact) mass is 456 g/mol. The number of hydrogen-bond donors (Lipinski definition) is 0. The lowest BCUT2D eigenvalue weighted by Crippen LogP contribution is -2.14. The third-order valence-corrected chi connectivity index (χ3v) is 5.41. The third-order valence-electron chi connectivity index (χ3n) is 5.41. The number of rotatable bonds is 6. The minimum absolute atomic E-state index is 0.202. The second-order valence-electron chi connectivity index (χ2n) is 7.59. The van der Waals surface area contributed by atoms with Gasteiger partial charge in [-0.1, -0.05) is 42.5 Å². The number of benzene rings is 3. The van der Waals surface area contributed by atoms with Gasteiger partial charge >= 0.3 is 11.6 Å². The molecule has 0 aliphatic carbocycles. The lowest BCUT2D eigenvalue weighted by atomic mass is 10.00. The zero-order valence-corrected chi connectivity index (χ0v) is 18.5. The zero-order chi connectivity index (χ0) is 23.7. The van der Waals surface area contributed by atoms with Crippen molar-refractivity contribution in [1.82, 2.24) is 0 Å². The van der Waals surface area contributed by atoms with Gasteiger partial charge in [-0.05, 0) is 29.8 Å². The Kier molecular flexibility index (Phi) is 5.61. The summed E-state index contributed by atoms with van der Waals surface area (Å²) in [6.07, 6.45) is 0. The molecule has 0 radical (unpaired) electrons. The van der Waals surface area contributed by atoms with Gasteiger partial charge in [-0.25, -0.2) is 9.59 Å². The maximum absolute atomic E-state index is 12.5. The van der Waals surface area contributed by atoms with Crippen molar-refractivity contribution in [2.75, 3.05) is 20.8 Å². The topological polar surface area (TPSA) is 88.1 Å². The molecule has 5 aromatic rings. The number of carbonyl (C=O) groups excluding carboxylic acids is 1. The summed E-state index contributed by atoms with van der Waals surface area (Å²) in [7, 11) is 2.98. The van der Waals surface area contributed by atoms with Crippen LogP contribution in [0, 0.1) is 0 Å². The van der Waals surface area contributed by atoms with Gasteiger partial charge in [0.25, 0.3) is 0 Å². The minimum atomic E-state index is -0.550. The van der Waals surface area contributed by atoms with Crippen LogP contribution in [0.1, 0.15) is 0 Å². The van der Waals surface area contributed by atoms with E-state index in [1.807, 2.05) is 48.5 Å². The molecular formula is C27H20O7. The Hall–Kier alpha value is -4.36. The Morgan fingerprint density at radius 1 is 0.853 bits per heavy atom. The molecule has 34 heavy (non-hydrogen) atoms. The third kappa shape index (κ3) is 3.93. The van der Waals surface area contributed by atoms with Gasteiger partial charge in [-0.3, -0.25) is 0 Å². The summed E-state index contributed by atoms with van der Waals surface area (Å²) in [5, 5.41) is 1.38. The Morgan fingerprint density at radius 3 is 2.44 bits per heavy atom. The van der Waals surface area contributed by atoms with Crippen LogP contribution >= 0.6 is 0 Å². The number of fused-ring (bicyclic) bond motifs is 2. The molecule has 170 valence electrons. The van der Waals surface area contributed by atoms with Crippen LogP contribution in [0.25, 0.3) is 44.4 Å². The summed E-state index contributed by atoms with van der Waals surface area (Å²) < 4.78 is 27.5. The first-order valence-corrected chi connectivity index (χ1v) is 10.5. The molecule has 7 heteroatoms. The highest BCUT2D eigenvalue weighted by Gasteiger charge is 2.19. The summed E-state index contributed by atoms with van der Waals surface area (Å²) in [4.78, 5) is 24.8. The van der Waals surface area contributed by atoms with Crippen LogP contribution in [0.4, 0.5) is 0 Å². The highest BCUT2D eigenvalue weighted by atomic mass is 16.6. The van der Waals surface area contributed by atoms with Crippen molar-refractivity contribution in [2.24, 2.45) is 0 Å². The standard InChI is InChI=1S/C27H20O7/c1-30-15-26(29)33-23-13-19-20(22-11-17-9-6-10-21(31-2)27(17)34-22)14-25(28)32-24(19)12-18(23)16-7-4-3-5-8-16/h3-14H,15H2,1-2H3. The van der Waals surface area contributed by atoms with E-state index in [-0.39, 0.29) is 6.61 Å². The SMILES string of the molecule is COCC(=O)Oc1cc2c(-c3cc4cccc(OC)c4o3)cc(=O)oc2cc1-c1ccccc1. The fourth-order valence-corrected chi connectivity index (χ4v) is 3.92. The second-order valence-corrected chi connectivity index (χ2v) is 7.59. The van der Waals surface area contributed by atoms with Crippen LogP contribution in [0.15, 0.2) is 86.4 Å². The van der Waals surface area contributed by atoms with Crippen molar-refractivity contribution in [3.63, 3.8) is 0 Å². The van der Waals surface area contributed by atoms with Crippen LogP contribution in [-0.2, 0) is 9.53 Å². The average molecular weight is 456 g/mol. The van der Waals surface area contributed by atoms with Crippen molar-refractivity contribution in [3.8, 4) is 33.9 Å². The molecule has 2 aromatic heterocycles. The number of furan rings is 1. The van der Waals surface area contributed by atoms with E-state index in [0.717, 1.165) is 10.9 Å². The highest BCUT2D eigenvalue weighted by Crippen LogP contribution is 2.40. The first-order valence-electron chi connectivity index (χ1n) is 10.5. The maximum Gasteiger partial charge on any atom is 0.337 e. The van der Waals surface area contributed by atoms with Gasteiger partial charge in [-0.15, -0.1) is 0 Å². The van der Waals surface area contributed by atoms with Gasteiger partial charge < -0.3 is 23.0 Å². The number of para-hydroxylation sites is 1. The van der Waals surface area contributed by atoms with E-state index in [1.165, 1.54) is 13.2 Å². The summed E-state index contributed by atoms with van der Waals surface area (Å²) in [5.41, 5.74) is 2.27. The molecular weight excluding hydrogens is 436 g/mol. The van der Waals surface area contributed by atoms with Crippen molar-refractivity contribution >= 4 is 27.9 Å².